The summed E-state index contributed by atoms with van der Waals surface area (Å²) in [6, 6.07) is 0. The van der Waals surface area contributed by atoms with E-state index in [1.165, 1.54) is 58.3 Å². The normalized spacial score (nSPS) is 12.4. The minimum absolute atomic E-state index is 0.618. The first-order valence-electron chi connectivity index (χ1n) is 7.80. The van der Waals surface area contributed by atoms with E-state index in [1.807, 2.05) is 0 Å². The molecule has 0 amide bonds. The molecule has 0 aromatic heterocycles. The second-order valence-electron chi connectivity index (χ2n) is 5.17. The van der Waals surface area contributed by atoms with Gasteiger partial charge in [-0.2, -0.15) is 5.48 Å². The van der Waals surface area contributed by atoms with E-state index >= 15 is 0 Å². The standard InChI is InChI=1S/C15H31NO3/c1-3-4-5-6-7-8-9-10-11-12-13-16-19-15(18)14(2)17/h14,16-17H,3-13H2,1-2H3. The monoisotopic (exact) mass is 273 g/mol. The zero-order valence-electron chi connectivity index (χ0n) is 12.6. The number of unbranched alkanes of at least 4 members (excludes halogenated alkanes) is 9. The summed E-state index contributed by atoms with van der Waals surface area (Å²) < 4.78 is 0. The number of carbonyl (C=O) groups is 1. The number of hydrogen-bond acceptors (Lipinski definition) is 4. The van der Waals surface area contributed by atoms with Crippen molar-refractivity contribution < 1.29 is 14.7 Å². The molecule has 114 valence electrons. The number of rotatable bonds is 13. The molecule has 0 aromatic carbocycles. The summed E-state index contributed by atoms with van der Waals surface area (Å²) in [5, 5.41) is 8.88. The molecule has 4 nitrogen and oxygen atoms in total. The van der Waals surface area contributed by atoms with Gasteiger partial charge in [-0.25, -0.2) is 4.79 Å². The fourth-order valence-corrected chi connectivity index (χ4v) is 1.89. The molecule has 0 saturated carbocycles. The van der Waals surface area contributed by atoms with Crippen LogP contribution in [0.2, 0.25) is 0 Å². The van der Waals surface area contributed by atoms with E-state index in [0.717, 1.165) is 12.8 Å². The summed E-state index contributed by atoms with van der Waals surface area (Å²) >= 11 is 0. The summed E-state index contributed by atoms with van der Waals surface area (Å²) in [6.07, 6.45) is 11.8. The Bertz CT molecular complexity index is 208. The van der Waals surface area contributed by atoms with Crippen LogP contribution in [0.5, 0.6) is 0 Å². The van der Waals surface area contributed by atoms with Crippen LogP contribution in [0, 0.1) is 0 Å². The van der Waals surface area contributed by atoms with E-state index in [9.17, 15) is 4.79 Å². The molecule has 0 radical (unpaired) electrons. The highest BCUT2D eigenvalue weighted by atomic mass is 16.7. The first kappa shape index (κ1) is 18.4. The second-order valence-corrected chi connectivity index (χ2v) is 5.17. The third kappa shape index (κ3) is 13.6. The lowest BCUT2D eigenvalue weighted by atomic mass is 10.1. The first-order valence-corrected chi connectivity index (χ1v) is 7.80. The molecular weight excluding hydrogens is 242 g/mol. The highest BCUT2D eigenvalue weighted by Gasteiger charge is 2.09. The number of hydroxylamine groups is 1. The molecular formula is C15H31NO3. The van der Waals surface area contributed by atoms with Gasteiger partial charge in [-0.05, 0) is 13.3 Å². The highest BCUT2D eigenvalue weighted by Crippen LogP contribution is 2.10. The van der Waals surface area contributed by atoms with Gasteiger partial charge >= 0.3 is 5.97 Å². The van der Waals surface area contributed by atoms with E-state index in [1.54, 1.807) is 0 Å². The molecule has 0 rings (SSSR count). The molecule has 0 aliphatic rings. The van der Waals surface area contributed by atoms with Gasteiger partial charge in [0.25, 0.3) is 0 Å². The van der Waals surface area contributed by atoms with Crippen LogP contribution in [0.25, 0.3) is 0 Å². The van der Waals surface area contributed by atoms with Gasteiger partial charge in [0.15, 0.2) is 6.10 Å². The zero-order chi connectivity index (χ0) is 14.3. The average Bonchev–Trinajstić information content (AvgIpc) is 2.39. The van der Waals surface area contributed by atoms with Crippen molar-refractivity contribution in [3.8, 4) is 0 Å². The van der Waals surface area contributed by atoms with Gasteiger partial charge < -0.3 is 9.94 Å². The number of carbonyl (C=O) groups excluding carboxylic acids is 1. The van der Waals surface area contributed by atoms with Crippen LogP contribution in [0.1, 0.15) is 78.1 Å². The average molecular weight is 273 g/mol. The van der Waals surface area contributed by atoms with Crippen LogP contribution in [-0.4, -0.2) is 23.7 Å². The van der Waals surface area contributed by atoms with Crippen LogP contribution in [0.4, 0.5) is 0 Å². The van der Waals surface area contributed by atoms with Crippen molar-refractivity contribution in [3.05, 3.63) is 0 Å². The summed E-state index contributed by atoms with van der Waals surface area (Å²) in [4.78, 5) is 15.5. The van der Waals surface area contributed by atoms with E-state index in [0.29, 0.717) is 6.54 Å². The van der Waals surface area contributed by atoms with Crippen molar-refractivity contribution in [1.29, 1.82) is 0 Å². The first-order chi connectivity index (χ1) is 9.18. The summed E-state index contributed by atoms with van der Waals surface area (Å²) in [5.74, 6) is -0.618. The number of aliphatic hydroxyl groups excluding tert-OH is 1. The van der Waals surface area contributed by atoms with Crippen molar-refractivity contribution in [2.75, 3.05) is 6.54 Å². The molecule has 0 aliphatic heterocycles. The van der Waals surface area contributed by atoms with Gasteiger partial charge in [0.2, 0.25) is 0 Å². The van der Waals surface area contributed by atoms with Crippen molar-refractivity contribution in [1.82, 2.24) is 5.48 Å². The lowest BCUT2D eigenvalue weighted by Gasteiger charge is -2.07. The Hall–Kier alpha value is -0.610. The van der Waals surface area contributed by atoms with Crippen LogP contribution in [0.3, 0.4) is 0 Å². The second kappa shape index (κ2) is 13.8. The summed E-state index contributed by atoms with van der Waals surface area (Å²) in [6.45, 7) is 4.30. The number of aliphatic hydroxyl groups is 1. The lowest BCUT2D eigenvalue weighted by Crippen LogP contribution is -2.27. The molecule has 0 aromatic rings. The predicted molar refractivity (Wildman–Crippen MR) is 77.6 cm³/mol. The maximum absolute atomic E-state index is 10.9. The Morgan fingerprint density at radius 1 is 1.00 bits per heavy atom. The maximum Gasteiger partial charge on any atom is 0.353 e. The minimum Gasteiger partial charge on any atom is -0.382 e. The molecule has 2 N–H and O–H groups in total. The molecule has 1 unspecified atom stereocenters. The van der Waals surface area contributed by atoms with Gasteiger partial charge in [-0.3, -0.25) is 0 Å². The molecule has 19 heavy (non-hydrogen) atoms. The molecule has 0 saturated heterocycles. The smallest absolute Gasteiger partial charge is 0.353 e. The Labute approximate surface area is 117 Å². The molecule has 0 bridgehead atoms. The highest BCUT2D eigenvalue weighted by molar-refractivity contribution is 5.73. The lowest BCUT2D eigenvalue weighted by molar-refractivity contribution is -0.160. The van der Waals surface area contributed by atoms with Crippen molar-refractivity contribution in [3.63, 3.8) is 0 Å². The molecule has 4 heteroatoms. The van der Waals surface area contributed by atoms with E-state index in [2.05, 4.69) is 17.2 Å². The molecule has 0 fully saturated rings. The molecule has 0 spiro atoms. The molecule has 0 heterocycles. The van der Waals surface area contributed by atoms with Gasteiger partial charge in [0, 0.05) is 6.54 Å². The van der Waals surface area contributed by atoms with E-state index in [4.69, 9.17) is 5.11 Å². The van der Waals surface area contributed by atoms with Crippen LogP contribution in [0.15, 0.2) is 0 Å². The SMILES string of the molecule is CCCCCCCCCCCCNOC(=O)C(C)O. The van der Waals surface area contributed by atoms with Crippen LogP contribution >= 0.6 is 0 Å². The fourth-order valence-electron chi connectivity index (χ4n) is 1.89. The maximum atomic E-state index is 10.9. The topological polar surface area (TPSA) is 58.6 Å². The minimum atomic E-state index is -1.06. The van der Waals surface area contributed by atoms with Crippen LogP contribution in [-0.2, 0) is 9.63 Å². The Balaban J connectivity index is 3.05. The Morgan fingerprint density at radius 2 is 1.47 bits per heavy atom. The van der Waals surface area contributed by atoms with E-state index in [-0.39, 0.29) is 0 Å². The summed E-state index contributed by atoms with van der Waals surface area (Å²) in [7, 11) is 0. The fraction of sp³-hybridized carbons (Fsp3) is 0.933. The largest absolute Gasteiger partial charge is 0.382 e. The third-order valence-electron chi connectivity index (χ3n) is 3.15. The van der Waals surface area contributed by atoms with Crippen molar-refractivity contribution in [2.45, 2.75) is 84.2 Å². The number of hydrogen-bond donors (Lipinski definition) is 2. The van der Waals surface area contributed by atoms with Gasteiger partial charge in [0.05, 0.1) is 0 Å². The number of nitrogens with one attached hydrogen (secondary N) is 1. The Morgan fingerprint density at radius 3 is 1.95 bits per heavy atom. The third-order valence-corrected chi connectivity index (χ3v) is 3.15. The zero-order valence-corrected chi connectivity index (χ0v) is 12.6. The van der Waals surface area contributed by atoms with Crippen molar-refractivity contribution in [2.24, 2.45) is 0 Å². The predicted octanol–water partition coefficient (Wildman–Crippen LogP) is 3.34. The molecule has 1 atom stereocenters. The van der Waals surface area contributed by atoms with E-state index < -0.39 is 12.1 Å². The van der Waals surface area contributed by atoms with Gasteiger partial charge in [0.1, 0.15) is 0 Å². The Kier molecular flexibility index (Phi) is 13.4. The molecule has 0 aliphatic carbocycles. The summed E-state index contributed by atoms with van der Waals surface area (Å²) in [5.41, 5.74) is 2.58. The van der Waals surface area contributed by atoms with Crippen molar-refractivity contribution >= 4 is 5.97 Å². The quantitative estimate of drug-likeness (QED) is 0.399. The van der Waals surface area contributed by atoms with Crippen LogP contribution < -0.4 is 5.48 Å². The van der Waals surface area contributed by atoms with Gasteiger partial charge in [-0.1, -0.05) is 64.7 Å². The van der Waals surface area contributed by atoms with Gasteiger partial charge in [-0.15, -0.1) is 0 Å².